The Bertz CT molecular complexity index is 2320. The highest BCUT2D eigenvalue weighted by Gasteiger charge is 2.53. The van der Waals surface area contributed by atoms with Crippen LogP contribution >= 0.6 is 22.7 Å². The lowest BCUT2D eigenvalue weighted by Crippen LogP contribution is -2.63. The molecule has 0 amide bonds. The van der Waals surface area contributed by atoms with Gasteiger partial charge in [-0.05, 0) is 59.4 Å². The molecule has 6 rings (SSSR count). The van der Waals surface area contributed by atoms with Crippen molar-refractivity contribution in [3.8, 4) is 23.0 Å². The summed E-state index contributed by atoms with van der Waals surface area (Å²) in [5.41, 5.74) is 2.08. The molecule has 0 saturated carbocycles. The third-order valence-electron chi connectivity index (χ3n) is 11.0. The predicted octanol–water partition coefficient (Wildman–Crippen LogP) is 5.58. The van der Waals surface area contributed by atoms with Crippen molar-refractivity contribution < 1.29 is 87.0 Å². The molecule has 2 aliphatic heterocycles. The third-order valence-corrected chi connectivity index (χ3v) is 13.9. The summed E-state index contributed by atoms with van der Waals surface area (Å²) in [4.78, 5) is 51.9. The molecule has 4 aromatic rings. The lowest BCUT2D eigenvalue weighted by Gasteiger charge is -2.43. The topological polar surface area (TPSA) is 241 Å². The van der Waals surface area contributed by atoms with E-state index in [1.165, 1.54) is 27.7 Å². The van der Waals surface area contributed by atoms with Gasteiger partial charge in [-0.2, -0.15) is 0 Å². The van der Waals surface area contributed by atoms with Gasteiger partial charge in [-0.25, -0.2) is 0 Å². The van der Waals surface area contributed by atoms with Gasteiger partial charge in [0.2, 0.25) is 18.7 Å². The minimum atomic E-state index is -1.47. The molecule has 0 bridgehead atoms. The highest BCUT2D eigenvalue weighted by Crippen LogP contribution is 2.40. The number of carbonyl (C=O) groups is 4. The van der Waals surface area contributed by atoms with E-state index in [0.717, 1.165) is 42.1 Å². The van der Waals surface area contributed by atoms with Crippen molar-refractivity contribution in [2.24, 2.45) is 0 Å². The molecule has 10 atom stereocenters. The summed E-state index contributed by atoms with van der Waals surface area (Å²) in [6.07, 6.45) is -11.7. The van der Waals surface area contributed by atoms with Crippen molar-refractivity contribution >= 4 is 46.6 Å². The number of benzene rings is 2. The van der Waals surface area contributed by atoms with E-state index in [2.05, 4.69) is 27.7 Å². The number of thiophene rings is 2. The molecule has 0 spiro atoms. The number of carbonyl (C=O) groups excluding carboxylic acids is 4. The number of aliphatic hydroxyl groups excluding tert-OH is 4. The Morgan fingerprint density at radius 3 is 1.41 bits per heavy atom. The molecular weight excluding hydrogens is 953 g/mol. The first-order valence-corrected chi connectivity index (χ1v) is 24.3. The second-order valence-electron chi connectivity index (χ2n) is 17.2. The van der Waals surface area contributed by atoms with Crippen LogP contribution in [0.4, 0.5) is 0 Å². The molecule has 20 heteroatoms. The van der Waals surface area contributed by atoms with Gasteiger partial charge in [-0.3, -0.25) is 19.2 Å². The first-order chi connectivity index (χ1) is 33.2. The summed E-state index contributed by atoms with van der Waals surface area (Å²) >= 11 is 3.18. The van der Waals surface area contributed by atoms with Gasteiger partial charge in [-0.1, -0.05) is 52.0 Å². The van der Waals surface area contributed by atoms with Crippen molar-refractivity contribution in [3.05, 3.63) is 91.3 Å². The molecule has 10 unspecified atom stereocenters. The predicted molar refractivity (Wildman–Crippen MR) is 255 cm³/mol. The minimum absolute atomic E-state index is 0.197. The van der Waals surface area contributed by atoms with Crippen LogP contribution in [-0.4, -0.2) is 133 Å². The zero-order valence-corrected chi connectivity index (χ0v) is 42.5. The van der Waals surface area contributed by atoms with E-state index in [-0.39, 0.29) is 12.5 Å². The summed E-state index contributed by atoms with van der Waals surface area (Å²) in [5.74, 6) is 0.325. The summed E-state index contributed by atoms with van der Waals surface area (Å²) in [6.45, 7) is 12.2. The van der Waals surface area contributed by atoms with Gasteiger partial charge in [0.1, 0.15) is 60.1 Å². The molecule has 2 aromatic heterocycles. The Kier molecular flexibility index (Phi) is 20.4. The normalized spacial score (nSPS) is 24.2. The van der Waals surface area contributed by atoms with E-state index in [0.29, 0.717) is 30.3 Å². The Balaban J connectivity index is 0.000000276. The largest absolute Gasteiger partial charge is 0.497 e. The van der Waals surface area contributed by atoms with E-state index in [1.54, 1.807) is 36.9 Å². The average Bonchev–Trinajstić information content (AvgIpc) is 3.91. The van der Waals surface area contributed by atoms with E-state index in [4.69, 9.17) is 47.4 Å². The molecule has 4 heterocycles. The van der Waals surface area contributed by atoms with E-state index >= 15 is 0 Å². The molecular formula is C50H64O18S2. The molecule has 2 fully saturated rings. The first kappa shape index (κ1) is 55.6. The summed E-state index contributed by atoms with van der Waals surface area (Å²) in [7, 11) is 3.22. The SMILES string of the molecule is COc1ccc(Cc2sc(C(C)C)cc2OC2OC(CO)C(O)C(O)C2O)cc1.COc1ccc(Cc2sc(C(C)C)cc2OC2OC(COC(C)=O)C(OC(C)=O)C(OC(C)=O)C2OC(C)=O)cc1. The number of esters is 4. The van der Waals surface area contributed by atoms with Gasteiger partial charge >= 0.3 is 23.9 Å². The fraction of sp³-hybridized carbons (Fsp3) is 0.520. The number of aliphatic hydroxyl groups is 4. The van der Waals surface area contributed by atoms with Crippen molar-refractivity contribution in [3.63, 3.8) is 0 Å². The van der Waals surface area contributed by atoms with Crippen LogP contribution in [0.2, 0.25) is 0 Å². The highest BCUT2D eigenvalue weighted by molar-refractivity contribution is 7.12. The Hall–Kier alpha value is -5.32. The zero-order valence-electron chi connectivity index (χ0n) is 40.9. The molecule has 0 aliphatic carbocycles. The Morgan fingerprint density at radius 2 is 1.00 bits per heavy atom. The van der Waals surface area contributed by atoms with Gasteiger partial charge in [0, 0.05) is 50.3 Å². The molecule has 4 N–H and O–H groups in total. The van der Waals surface area contributed by atoms with Crippen LogP contribution in [0.25, 0.3) is 0 Å². The van der Waals surface area contributed by atoms with E-state index < -0.39 is 91.9 Å². The lowest BCUT2D eigenvalue weighted by molar-refractivity contribution is -0.288. The minimum Gasteiger partial charge on any atom is -0.497 e. The van der Waals surface area contributed by atoms with Crippen molar-refractivity contribution in [2.45, 2.75) is 141 Å². The highest BCUT2D eigenvalue weighted by atomic mass is 32.1. The van der Waals surface area contributed by atoms with Gasteiger partial charge in [0.15, 0.2) is 12.2 Å². The number of rotatable bonds is 18. The summed E-state index contributed by atoms with van der Waals surface area (Å²) < 4.78 is 56.0. The monoisotopic (exact) mass is 1020 g/mol. The molecule has 2 aromatic carbocycles. The van der Waals surface area contributed by atoms with Crippen molar-refractivity contribution in [1.82, 2.24) is 0 Å². The summed E-state index contributed by atoms with van der Waals surface area (Å²) in [5, 5.41) is 39.6. The van der Waals surface area contributed by atoms with Gasteiger partial charge < -0.3 is 67.8 Å². The molecule has 0 radical (unpaired) electrons. The van der Waals surface area contributed by atoms with Crippen LogP contribution in [0, 0.1) is 0 Å². The molecule has 2 aliphatic rings. The second kappa shape index (κ2) is 25.7. The van der Waals surface area contributed by atoms with Crippen molar-refractivity contribution in [2.75, 3.05) is 27.4 Å². The van der Waals surface area contributed by atoms with E-state index in [1.807, 2.05) is 60.7 Å². The zero-order chi connectivity index (χ0) is 51.4. The first-order valence-electron chi connectivity index (χ1n) is 22.7. The number of hydrogen-bond donors (Lipinski definition) is 4. The maximum Gasteiger partial charge on any atom is 0.303 e. The molecule has 70 heavy (non-hydrogen) atoms. The maximum absolute atomic E-state index is 12.2. The Morgan fingerprint density at radius 1 is 0.571 bits per heavy atom. The standard InChI is InChI=1S/C29H36O11S.C21H28O7S/c1-15(2)24-13-22(25(41-24)12-20-8-10-21(34-7)11-9-20)39-29-28(38-19(6)33)27(37-18(5)32)26(36-17(4)31)23(40-29)14-35-16(3)30;1-11(2)16-9-14(17(29-16)8-12-4-6-13(26-3)7-5-12)27-21-20(25)19(24)18(23)15(10-22)28-21/h8-11,13,15,23,26-29H,12,14H2,1-7H3;4-7,9,11,15,18-25H,8,10H2,1-3H3. The van der Waals surface area contributed by atoms with Crippen LogP contribution < -0.4 is 18.9 Å². The van der Waals surface area contributed by atoms with Crippen molar-refractivity contribution in [1.29, 1.82) is 0 Å². The maximum atomic E-state index is 12.2. The van der Waals surface area contributed by atoms with Gasteiger partial charge in [0.25, 0.3) is 0 Å². The van der Waals surface area contributed by atoms with Crippen LogP contribution in [0.3, 0.4) is 0 Å². The fourth-order valence-electron chi connectivity index (χ4n) is 7.43. The third kappa shape index (κ3) is 15.1. The fourth-order valence-corrected chi connectivity index (χ4v) is 9.70. The van der Waals surface area contributed by atoms with Crippen LogP contribution in [0.15, 0.2) is 60.7 Å². The van der Waals surface area contributed by atoms with E-state index in [9.17, 15) is 39.6 Å². The molecule has 18 nitrogen and oxygen atoms in total. The second-order valence-corrected chi connectivity index (χ2v) is 19.6. The van der Waals surface area contributed by atoms with Crippen LogP contribution in [-0.2, 0) is 60.4 Å². The summed E-state index contributed by atoms with van der Waals surface area (Å²) in [6, 6.07) is 19.2. The van der Waals surface area contributed by atoms with Gasteiger partial charge in [-0.15, -0.1) is 22.7 Å². The molecule has 384 valence electrons. The number of methoxy groups -OCH3 is 2. The average molecular weight is 1020 g/mol. The lowest BCUT2D eigenvalue weighted by atomic mass is 9.98. The molecule has 2 saturated heterocycles. The smallest absolute Gasteiger partial charge is 0.303 e. The number of hydrogen-bond acceptors (Lipinski definition) is 20. The van der Waals surface area contributed by atoms with Gasteiger partial charge in [0.05, 0.1) is 30.6 Å². The van der Waals surface area contributed by atoms with Crippen LogP contribution in [0.1, 0.15) is 97.9 Å². The Labute approximate surface area is 415 Å². The quantitative estimate of drug-likeness (QED) is 0.0702. The number of ether oxygens (including phenoxy) is 10. The van der Waals surface area contributed by atoms with Crippen LogP contribution in [0.5, 0.6) is 23.0 Å².